The van der Waals surface area contributed by atoms with Crippen molar-refractivity contribution in [2.75, 3.05) is 36.5 Å². The van der Waals surface area contributed by atoms with Crippen LogP contribution in [-0.2, 0) is 6.42 Å². The van der Waals surface area contributed by atoms with E-state index in [1.165, 1.54) is 11.1 Å². The van der Waals surface area contributed by atoms with Crippen molar-refractivity contribution in [3.8, 4) is 0 Å². The third kappa shape index (κ3) is 3.08. The molecule has 5 heteroatoms. The number of aromatic nitrogens is 2. The van der Waals surface area contributed by atoms with E-state index in [-0.39, 0.29) is 6.61 Å². The lowest BCUT2D eigenvalue weighted by Gasteiger charge is -2.33. The molecule has 0 radical (unpaired) electrons. The highest BCUT2D eigenvalue weighted by atomic mass is 16.3. The molecule has 5 nitrogen and oxygen atoms in total. The Kier molecular flexibility index (Phi) is 4.34. The minimum atomic E-state index is 0.258. The van der Waals surface area contributed by atoms with E-state index in [2.05, 4.69) is 44.5 Å². The third-order valence-electron chi connectivity index (χ3n) is 5.24. The molecule has 126 valence electrons. The lowest BCUT2D eigenvalue weighted by Crippen LogP contribution is -2.37. The first-order valence-electron chi connectivity index (χ1n) is 8.83. The molecule has 1 saturated heterocycles. The Morgan fingerprint density at radius 2 is 2.17 bits per heavy atom. The van der Waals surface area contributed by atoms with Crippen LogP contribution in [0.4, 0.5) is 11.6 Å². The molecule has 2 N–H and O–H groups in total. The average molecular weight is 324 g/mol. The summed E-state index contributed by atoms with van der Waals surface area (Å²) in [6.07, 6.45) is 4.99. The molecule has 1 aliphatic heterocycles. The summed E-state index contributed by atoms with van der Waals surface area (Å²) >= 11 is 0. The van der Waals surface area contributed by atoms with Gasteiger partial charge in [-0.15, -0.1) is 0 Å². The number of nitrogens with zero attached hydrogens (tertiary/aromatic N) is 3. The Labute approximate surface area is 142 Å². The summed E-state index contributed by atoms with van der Waals surface area (Å²) in [5.74, 6) is 2.78. The number of hydrogen-bond donors (Lipinski definition) is 2. The molecule has 2 atom stereocenters. The zero-order valence-electron chi connectivity index (χ0n) is 13.9. The number of rotatable bonds is 5. The molecule has 2 aliphatic rings. The van der Waals surface area contributed by atoms with Crippen molar-refractivity contribution < 1.29 is 5.11 Å². The summed E-state index contributed by atoms with van der Waals surface area (Å²) in [7, 11) is 0. The van der Waals surface area contributed by atoms with Gasteiger partial charge >= 0.3 is 0 Å². The van der Waals surface area contributed by atoms with Crippen LogP contribution in [0.25, 0.3) is 0 Å². The average Bonchev–Trinajstić information content (AvgIpc) is 2.63. The topological polar surface area (TPSA) is 61.3 Å². The predicted molar refractivity (Wildman–Crippen MR) is 95.4 cm³/mol. The van der Waals surface area contributed by atoms with E-state index in [0.717, 1.165) is 50.5 Å². The van der Waals surface area contributed by atoms with Crippen LogP contribution in [-0.4, -0.2) is 41.3 Å². The Hall–Kier alpha value is -2.14. The van der Waals surface area contributed by atoms with Gasteiger partial charge in [0.1, 0.15) is 18.0 Å². The monoisotopic (exact) mass is 324 g/mol. The second-order valence-electron chi connectivity index (χ2n) is 6.88. The standard InChI is InChI=1S/C19H24N4O/c24-12-14-4-3-7-23(11-14)19-9-18(21-13-22-19)20-10-16-8-15-5-1-2-6-17(15)16/h1-2,5-6,9,13-14,16,24H,3-4,7-8,10-12H2,(H,20,21,22)/t14-,16-/m1/s1. The van der Waals surface area contributed by atoms with Gasteiger partial charge in [0.2, 0.25) is 0 Å². The van der Waals surface area contributed by atoms with Crippen molar-refractivity contribution >= 4 is 11.6 Å². The molecule has 1 fully saturated rings. The highest BCUT2D eigenvalue weighted by Gasteiger charge is 2.25. The zero-order valence-corrected chi connectivity index (χ0v) is 13.9. The smallest absolute Gasteiger partial charge is 0.134 e. The van der Waals surface area contributed by atoms with Crippen molar-refractivity contribution in [2.24, 2.45) is 5.92 Å². The number of aliphatic hydroxyl groups excluding tert-OH is 1. The van der Waals surface area contributed by atoms with Crippen LogP contribution in [0.15, 0.2) is 36.7 Å². The van der Waals surface area contributed by atoms with Crippen LogP contribution in [0.5, 0.6) is 0 Å². The van der Waals surface area contributed by atoms with Gasteiger partial charge in [0.05, 0.1) is 0 Å². The Bertz CT molecular complexity index is 705. The molecular weight excluding hydrogens is 300 g/mol. The molecule has 1 aromatic heterocycles. The Balaban J connectivity index is 1.38. The van der Waals surface area contributed by atoms with Gasteiger partial charge in [0.25, 0.3) is 0 Å². The van der Waals surface area contributed by atoms with E-state index < -0.39 is 0 Å². The maximum absolute atomic E-state index is 9.40. The van der Waals surface area contributed by atoms with Crippen molar-refractivity contribution in [2.45, 2.75) is 25.2 Å². The second kappa shape index (κ2) is 6.77. The fourth-order valence-electron chi connectivity index (χ4n) is 3.81. The number of benzene rings is 1. The van der Waals surface area contributed by atoms with Gasteiger partial charge in [-0.1, -0.05) is 24.3 Å². The van der Waals surface area contributed by atoms with E-state index in [1.54, 1.807) is 6.33 Å². The lowest BCUT2D eigenvalue weighted by molar-refractivity contribution is 0.208. The minimum absolute atomic E-state index is 0.258. The fourth-order valence-corrected chi connectivity index (χ4v) is 3.81. The predicted octanol–water partition coefficient (Wildman–Crippen LogP) is 2.44. The third-order valence-corrected chi connectivity index (χ3v) is 5.24. The van der Waals surface area contributed by atoms with Crippen LogP contribution in [0.2, 0.25) is 0 Å². The number of hydrogen-bond acceptors (Lipinski definition) is 5. The van der Waals surface area contributed by atoms with Crippen LogP contribution < -0.4 is 10.2 Å². The molecule has 1 aliphatic carbocycles. The van der Waals surface area contributed by atoms with Gasteiger partial charge in [0.15, 0.2) is 0 Å². The highest BCUT2D eigenvalue weighted by Crippen LogP contribution is 2.34. The van der Waals surface area contributed by atoms with E-state index in [4.69, 9.17) is 0 Å². The van der Waals surface area contributed by atoms with Crippen LogP contribution in [0.3, 0.4) is 0 Å². The second-order valence-corrected chi connectivity index (χ2v) is 6.88. The van der Waals surface area contributed by atoms with E-state index in [1.807, 2.05) is 6.07 Å². The van der Waals surface area contributed by atoms with Crippen molar-refractivity contribution in [1.29, 1.82) is 0 Å². The first-order valence-corrected chi connectivity index (χ1v) is 8.83. The van der Waals surface area contributed by atoms with E-state index >= 15 is 0 Å². The molecule has 0 spiro atoms. The largest absolute Gasteiger partial charge is 0.396 e. The number of anilines is 2. The van der Waals surface area contributed by atoms with E-state index in [9.17, 15) is 5.11 Å². The number of nitrogens with one attached hydrogen (secondary N) is 1. The fraction of sp³-hybridized carbons (Fsp3) is 0.474. The first-order chi connectivity index (χ1) is 11.8. The molecule has 0 unspecified atom stereocenters. The molecule has 2 aromatic rings. The van der Waals surface area contributed by atoms with Crippen LogP contribution in [0.1, 0.15) is 29.9 Å². The summed E-state index contributed by atoms with van der Waals surface area (Å²) in [6.45, 7) is 3.05. The number of aliphatic hydroxyl groups is 1. The molecule has 4 rings (SSSR count). The maximum Gasteiger partial charge on any atom is 0.134 e. The lowest BCUT2D eigenvalue weighted by atomic mass is 9.77. The van der Waals surface area contributed by atoms with Crippen LogP contribution >= 0.6 is 0 Å². The van der Waals surface area contributed by atoms with Crippen molar-refractivity contribution in [3.63, 3.8) is 0 Å². The minimum Gasteiger partial charge on any atom is -0.396 e. The maximum atomic E-state index is 9.40. The van der Waals surface area contributed by atoms with Crippen LogP contribution in [0, 0.1) is 5.92 Å². The molecule has 0 bridgehead atoms. The summed E-state index contributed by atoms with van der Waals surface area (Å²) in [4.78, 5) is 11.0. The molecule has 24 heavy (non-hydrogen) atoms. The molecule has 0 amide bonds. The van der Waals surface area contributed by atoms with Gasteiger partial charge in [-0.25, -0.2) is 9.97 Å². The van der Waals surface area contributed by atoms with Gasteiger partial charge < -0.3 is 15.3 Å². The molecule has 0 saturated carbocycles. The van der Waals surface area contributed by atoms with Gasteiger partial charge in [-0.05, 0) is 36.3 Å². The van der Waals surface area contributed by atoms with Crippen molar-refractivity contribution in [1.82, 2.24) is 9.97 Å². The zero-order chi connectivity index (χ0) is 16.4. The van der Waals surface area contributed by atoms with Gasteiger partial charge in [0, 0.05) is 38.2 Å². The Morgan fingerprint density at radius 1 is 1.25 bits per heavy atom. The number of fused-ring (bicyclic) bond motifs is 1. The van der Waals surface area contributed by atoms with Gasteiger partial charge in [-0.3, -0.25) is 0 Å². The summed E-state index contributed by atoms with van der Waals surface area (Å²) < 4.78 is 0. The van der Waals surface area contributed by atoms with Gasteiger partial charge in [-0.2, -0.15) is 0 Å². The summed E-state index contributed by atoms with van der Waals surface area (Å²) in [5, 5.41) is 12.9. The summed E-state index contributed by atoms with van der Waals surface area (Å²) in [6, 6.07) is 10.7. The normalized spacial score (nSPS) is 22.6. The SMILES string of the molecule is OC[C@@H]1CCCN(c2cc(NC[C@H]3Cc4ccccc43)ncn2)C1. The molecule has 1 aromatic carbocycles. The summed E-state index contributed by atoms with van der Waals surface area (Å²) in [5.41, 5.74) is 2.93. The Morgan fingerprint density at radius 3 is 3.04 bits per heavy atom. The highest BCUT2D eigenvalue weighted by molar-refractivity contribution is 5.50. The molecular formula is C19H24N4O. The van der Waals surface area contributed by atoms with E-state index in [0.29, 0.717) is 11.8 Å². The molecule has 2 heterocycles. The number of piperidine rings is 1. The quantitative estimate of drug-likeness (QED) is 0.884. The van der Waals surface area contributed by atoms with Crippen molar-refractivity contribution in [3.05, 3.63) is 47.8 Å². The first kappa shape index (κ1) is 15.4.